The van der Waals surface area contributed by atoms with Crippen molar-refractivity contribution in [1.82, 2.24) is 8.61 Å². The first-order chi connectivity index (χ1) is 20.7. The van der Waals surface area contributed by atoms with Crippen molar-refractivity contribution in [3.8, 4) is 5.75 Å². The van der Waals surface area contributed by atoms with Gasteiger partial charge >= 0.3 is 0 Å². The third-order valence-electron chi connectivity index (χ3n) is 6.45. The molecule has 0 fully saturated rings. The topological polar surface area (TPSA) is 115 Å². The molecule has 0 aliphatic carbocycles. The average Bonchev–Trinajstić information content (AvgIpc) is 2.95. The largest absolute Gasteiger partial charge is 0.505 e. The third-order valence-corrected chi connectivity index (χ3v) is 11.0. The summed E-state index contributed by atoms with van der Waals surface area (Å²) in [5.41, 5.74) is 1.54. The Labute approximate surface area is 274 Å². The number of hydrogen-bond donors (Lipinski definition) is 2. The first-order valence-corrected chi connectivity index (χ1v) is 17.2. The van der Waals surface area contributed by atoms with E-state index in [1.165, 1.54) is 48.5 Å². The number of hydrogen-bond acceptors (Lipinski definition) is 6. The molecule has 0 amide bonds. The van der Waals surface area contributed by atoms with Gasteiger partial charge in [0.15, 0.2) is 5.75 Å². The van der Waals surface area contributed by atoms with Crippen molar-refractivity contribution in [2.75, 3.05) is 13.2 Å². The van der Waals surface area contributed by atoms with Crippen molar-refractivity contribution < 1.29 is 31.4 Å². The molecule has 0 bridgehead atoms. The maximum absolute atomic E-state index is 13.8. The van der Waals surface area contributed by atoms with Crippen LogP contribution in [0.15, 0.2) is 88.7 Å². The third kappa shape index (κ3) is 8.22. The Balaban J connectivity index is 1.63. The molecular weight excluding hydrogens is 697 g/mol. The number of aliphatic hydroxyl groups is 1. The van der Waals surface area contributed by atoms with Crippen molar-refractivity contribution in [3.05, 3.63) is 121 Å². The first kappa shape index (κ1) is 34.4. The Kier molecular flexibility index (Phi) is 11.2. The van der Waals surface area contributed by atoms with E-state index in [0.29, 0.717) is 16.7 Å². The van der Waals surface area contributed by atoms with E-state index in [2.05, 4.69) is 0 Å². The highest BCUT2D eigenvalue weighted by atomic mass is 35.5. The molecule has 4 aromatic carbocycles. The average molecular weight is 722 g/mol. The monoisotopic (exact) mass is 720 g/mol. The lowest BCUT2D eigenvalue weighted by Gasteiger charge is -2.24. The number of aromatic hydroxyl groups is 1. The number of nitrogens with zero attached hydrogens (tertiary/aromatic N) is 2. The Morgan fingerprint density at radius 3 is 1.59 bits per heavy atom. The zero-order valence-electron chi connectivity index (χ0n) is 22.7. The molecule has 0 aliphatic rings. The minimum Gasteiger partial charge on any atom is -0.505 e. The van der Waals surface area contributed by atoms with Crippen LogP contribution in [0.1, 0.15) is 16.7 Å². The maximum atomic E-state index is 13.8. The highest BCUT2D eigenvalue weighted by Gasteiger charge is 2.30. The fourth-order valence-corrected chi connectivity index (χ4v) is 8.58. The van der Waals surface area contributed by atoms with Gasteiger partial charge < -0.3 is 10.2 Å². The van der Waals surface area contributed by atoms with Gasteiger partial charge in [-0.15, -0.1) is 0 Å². The van der Waals surface area contributed by atoms with Gasteiger partial charge in [0.1, 0.15) is 10.7 Å². The van der Waals surface area contributed by atoms with Gasteiger partial charge in [-0.05, 0) is 59.2 Å². The van der Waals surface area contributed by atoms with Gasteiger partial charge in [-0.2, -0.15) is 8.61 Å². The van der Waals surface area contributed by atoms with Gasteiger partial charge in [0, 0.05) is 41.2 Å². The number of rotatable bonds is 12. The summed E-state index contributed by atoms with van der Waals surface area (Å²) in [5.74, 6) is -1.16. The second kappa shape index (κ2) is 14.3. The van der Waals surface area contributed by atoms with E-state index >= 15 is 0 Å². The standard InChI is InChI=1S/C29H25Cl4FN2O6S2/c30-22-11-23(31)13-26(12-22)43(39,40)35(9-10-37)16-19-1-3-20(4-2-19)17-36(18-21-5-7-25(34)8-6-21)44(41,42)28-15-24(32)14-27(33)29(28)38/h1-8,11-15,37-38H,9-10,16-18H2. The fourth-order valence-electron chi connectivity index (χ4n) is 4.28. The van der Waals surface area contributed by atoms with Crippen LogP contribution in [0.5, 0.6) is 5.75 Å². The second-order valence-electron chi connectivity index (χ2n) is 9.62. The minimum atomic E-state index is -4.39. The number of benzene rings is 4. The van der Waals surface area contributed by atoms with E-state index in [9.17, 15) is 31.4 Å². The lowest BCUT2D eigenvalue weighted by atomic mass is 10.1. The normalized spacial score (nSPS) is 12.3. The van der Waals surface area contributed by atoms with Crippen molar-refractivity contribution in [1.29, 1.82) is 0 Å². The summed E-state index contributed by atoms with van der Waals surface area (Å²) in [6, 6.07) is 18.0. The predicted octanol–water partition coefficient (Wildman–Crippen LogP) is 6.72. The van der Waals surface area contributed by atoms with Crippen LogP contribution in [0.4, 0.5) is 4.39 Å². The number of phenols is 1. The first-order valence-electron chi connectivity index (χ1n) is 12.8. The molecule has 0 atom stereocenters. The molecule has 0 unspecified atom stereocenters. The van der Waals surface area contributed by atoms with E-state index in [1.807, 2.05) is 0 Å². The zero-order valence-corrected chi connectivity index (χ0v) is 27.3. The van der Waals surface area contributed by atoms with E-state index in [4.69, 9.17) is 46.4 Å². The van der Waals surface area contributed by atoms with E-state index in [-0.39, 0.29) is 51.2 Å². The molecule has 0 spiro atoms. The summed E-state index contributed by atoms with van der Waals surface area (Å²) in [7, 11) is -8.48. The number of phenolic OH excluding ortho intramolecular Hbond substituents is 1. The van der Waals surface area contributed by atoms with Crippen LogP contribution >= 0.6 is 46.4 Å². The Bertz CT molecular complexity index is 1840. The second-order valence-corrected chi connectivity index (χ2v) is 15.2. The van der Waals surface area contributed by atoms with Crippen LogP contribution in [-0.2, 0) is 39.7 Å². The Hall–Kier alpha value is -2.45. The highest BCUT2D eigenvalue weighted by Crippen LogP contribution is 2.36. The Morgan fingerprint density at radius 2 is 1.09 bits per heavy atom. The predicted molar refractivity (Wildman–Crippen MR) is 169 cm³/mol. The Morgan fingerprint density at radius 1 is 0.636 bits per heavy atom. The highest BCUT2D eigenvalue weighted by molar-refractivity contribution is 7.89. The van der Waals surface area contributed by atoms with Crippen LogP contribution in [0.25, 0.3) is 0 Å². The fraction of sp³-hybridized carbons (Fsp3) is 0.172. The molecule has 0 radical (unpaired) electrons. The van der Waals surface area contributed by atoms with Crippen LogP contribution in [0, 0.1) is 5.82 Å². The van der Waals surface area contributed by atoms with Crippen LogP contribution in [-0.4, -0.2) is 48.8 Å². The summed E-state index contributed by atoms with van der Waals surface area (Å²) >= 11 is 24.0. The van der Waals surface area contributed by atoms with Crippen LogP contribution in [0.2, 0.25) is 20.1 Å². The molecule has 8 nitrogen and oxygen atoms in total. The van der Waals surface area contributed by atoms with E-state index < -0.39 is 43.1 Å². The molecular formula is C29H25Cl4FN2O6S2. The van der Waals surface area contributed by atoms with Gasteiger partial charge in [0.2, 0.25) is 20.0 Å². The lowest BCUT2D eigenvalue weighted by Crippen LogP contribution is -2.33. The quantitative estimate of drug-likeness (QED) is 0.168. The molecule has 234 valence electrons. The molecule has 0 aliphatic heterocycles. The molecule has 0 aromatic heterocycles. The number of aliphatic hydroxyl groups excluding tert-OH is 1. The molecule has 44 heavy (non-hydrogen) atoms. The van der Waals surface area contributed by atoms with Gasteiger partial charge in [-0.25, -0.2) is 21.2 Å². The van der Waals surface area contributed by atoms with Crippen LogP contribution in [0.3, 0.4) is 0 Å². The summed E-state index contributed by atoms with van der Waals surface area (Å²) in [4.78, 5) is -0.634. The van der Waals surface area contributed by atoms with Crippen molar-refractivity contribution in [3.63, 3.8) is 0 Å². The van der Waals surface area contributed by atoms with Crippen molar-refractivity contribution in [2.45, 2.75) is 29.4 Å². The van der Waals surface area contributed by atoms with Gasteiger partial charge in [-0.3, -0.25) is 0 Å². The van der Waals surface area contributed by atoms with Crippen molar-refractivity contribution >= 4 is 66.5 Å². The van der Waals surface area contributed by atoms with Gasteiger partial charge in [0.05, 0.1) is 16.5 Å². The molecule has 0 saturated heterocycles. The molecule has 4 aromatic rings. The maximum Gasteiger partial charge on any atom is 0.247 e. The van der Waals surface area contributed by atoms with E-state index in [1.54, 1.807) is 24.3 Å². The molecule has 2 N–H and O–H groups in total. The van der Waals surface area contributed by atoms with Crippen molar-refractivity contribution in [2.24, 2.45) is 0 Å². The molecule has 4 rings (SSSR count). The zero-order chi connectivity index (χ0) is 32.2. The SMILES string of the molecule is O=S(=O)(c1cc(Cl)cc(Cl)c1)N(CCO)Cc1ccc(CN(Cc2ccc(F)cc2)S(=O)(=O)c2cc(Cl)cc(Cl)c2O)cc1. The summed E-state index contributed by atoms with van der Waals surface area (Å²) in [5, 5.41) is 20.1. The van der Waals surface area contributed by atoms with Gasteiger partial charge in [-0.1, -0.05) is 82.8 Å². The van der Waals surface area contributed by atoms with Crippen LogP contribution < -0.4 is 0 Å². The number of halogens is 5. The number of sulfonamides is 2. The molecule has 0 heterocycles. The minimum absolute atomic E-state index is 0.000101. The molecule has 15 heteroatoms. The van der Waals surface area contributed by atoms with E-state index in [0.717, 1.165) is 14.7 Å². The van der Waals surface area contributed by atoms with Gasteiger partial charge in [0.25, 0.3) is 0 Å². The summed E-state index contributed by atoms with van der Waals surface area (Å²) in [6.45, 7) is -1.12. The lowest BCUT2D eigenvalue weighted by molar-refractivity contribution is 0.251. The summed E-state index contributed by atoms with van der Waals surface area (Å²) in [6.07, 6.45) is 0. The smallest absolute Gasteiger partial charge is 0.247 e. The summed E-state index contributed by atoms with van der Waals surface area (Å²) < 4.78 is 69.9. The molecule has 0 saturated carbocycles.